The van der Waals surface area contributed by atoms with Crippen molar-refractivity contribution >= 4 is 30.3 Å². The Labute approximate surface area is 128 Å². The lowest BCUT2D eigenvalue weighted by atomic mass is 10.2. The highest BCUT2D eigenvalue weighted by Gasteiger charge is 2.40. The van der Waals surface area contributed by atoms with Gasteiger partial charge in [0.25, 0.3) is 0 Å². The molecule has 0 fully saturated rings. The number of nitrogens with zero attached hydrogens (tertiary/aromatic N) is 2. The third kappa shape index (κ3) is 3.84. The summed E-state index contributed by atoms with van der Waals surface area (Å²) in [7, 11) is 0. The van der Waals surface area contributed by atoms with Crippen molar-refractivity contribution in [1.29, 1.82) is 5.26 Å². The third-order valence-electron chi connectivity index (χ3n) is 2.56. The van der Waals surface area contributed by atoms with Gasteiger partial charge in [-0.25, -0.2) is 8.70 Å². The van der Waals surface area contributed by atoms with Gasteiger partial charge in [0.2, 0.25) is 0 Å². The van der Waals surface area contributed by atoms with Crippen molar-refractivity contribution in [3.63, 3.8) is 0 Å². The predicted octanol–water partition coefficient (Wildman–Crippen LogP) is 3.75. The Hall–Kier alpha value is -1.37. The van der Waals surface area contributed by atoms with E-state index < -0.39 is 23.9 Å². The van der Waals surface area contributed by atoms with Gasteiger partial charge in [-0.15, -0.1) is 0 Å². The second-order valence-corrected chi connectivity index (χ2v) is 5.66. The normalized spacial score (nSPS) is 19.7. The average Bonchev–Trinajstić information content (AvgIpc) is 2.66. The molecule has 0 aliphatic carbocycles. The Morgan fingerprint density at radius 3 is 2.62 bits per heavy atom. The van der Waals surface area contributed by atoms with Crippen molar-refractivity contribution < 1.29 is 17.6 Å². The summed E-state index contributed by atoms with van der Waals surface area (Å²) < 4.78 is 51.8. The molecular weight excluding hydrogens is 326 g/mol. The van der Waals surface area contributed by atoms with Crippen LogP contribution in [0, 0.1) is 17.1 Å². The molecule has 3 nitrogen and oxygen atoms in total. The number of hydrogen-bond acceptors (Lipinski definition) is 5. The van der Waals surface area contributed by atoms with E-state index in [2.05, 4.69) is 17.9 Å². The molecule has 1 aliphatic heterocycles. The van der Waals surface area contributed by atoms with Crippen molar-refractivity contribution in [2.45, 2.75) is 11.6 Å². The molecule has 0 bridgehead atoms. The minimum atomic E-state index is -4.41. The van der Waals surface area contributed by atoms with Crippen LogP contribution in [-0.2, 0) is 0 Å². The fourth-order valence-corrected chi connectivity index (χ4v) is 3.22. The molecule has 0 spiro atoms. The molecule has 1 N–H and O–H groups in total. The van der Waals surface area contributed by atoms with Crippen molar-refractivity contribution in [3.05, 3.63) is 40.7 Å². The van der Waals surface area contributed by atoms with Crippen LogP contribution in [-0.4, -0.2) is 22.4 Å². The molecule has 1 unspecified atom stereocenters. The highest BCUT2D eigenvalue weighted by molar-refractivity contribution is 8.02. The van der Waals surface area contributed by atoms with Gasteiger partial charge in [0.15, 0.2) is 0 Å². The first-order valence-corrected chi connectivity index (χ1v) is 6.96. The number of nitrogens with one attached hydrogen (secondary N) is 1. The number of alkyl halides is 3. The minimum Gasteiger partial charge on any atom is -0.346 e. The zero-order valence-corrected chi connectivity index (χ0v) is 12.1. The second-order valence-electron chi connectivity index (χ2n) is 4.11. The molecule has 0 aromatic heterocycles. The quantitative estimate of drug-likeness (QED) is 0.501. The van der Waals surface area contributed by atoms with Crippen LogP contribution in [0.15, 0.2) is 34.9 Å². The first kappa shape index (κ1) is 16.0. The third-order valence-corrected chi connectivity index (χ3v) is 4.33. The van der Waals surface area contributed by atoms with Gasteiger partial charge in [-0.2, -0.15) is 31.1 Å². The van der Waals surface area contributed by atoms with Crippen molar-refractivity contribution in [3.8, 4) is 6.07 Å². The van der Waals surface area contributed by atoms with Crippen molar-refractivity contribution in [2.75, 3.05) is 11.9 Å². The van der Waals surface area contributed by atoms with Crippen LogP contribution in [0.4, 0.5) is 23.2 Å². The molecule has 0 amide bonds. The van der Waals surface area contributed by atoms with E-state index in [4.69, 9.17) is 5.26 Å². The standard InChI is InChI=1S/C12H9F4N3S2/c13-8-3-1-2-4-9(8)18-10-7(5-17)11(20)19(21-10)6-12(14,15)16/h1-4,11,18,20H,6H2. The Morgan fingerprint density at radius 1 is 1.38 bits per heavy atom. The Morgan fingerprint density at radius 2 is 2.05 bits per heavy atom. The summed E-state index contributed by atoms with van der Waals surface area (Å²) in [4.78, 5) is 0. The lowest BCUT2D eigenvalue weighted by Crippen LogP contribution is -2.32. The topological polar surface area (TPSA) is 39.1 Å². The van der Waals surface area contributed by atoms with E-state index in [1.807, 2.05) is 6.07 Å². The number of benzene rings is 1. The molecule has 1 aromatic rings. The van der Waals surface area contributed by atoms with Crippen LogP contribution in [0.25, 0.3) is 0 Å². The van der Waals surface area contributed by atoms with E-state index in [0.29, 0.717) is 11.9 Å². The van der Waals surface area contributed by atoms with E-state index in [0.717, 1.165) is 4.31 Å². The van der Waals surface area contributed by atoms with Crippen LogP contribution < -0.4 is 5.32 Å². The number of hydrogen-bond donors (Lipinski definition) is 2. The molecule has 1 aliphatic rings. The monoisotopic (exact) mass is 335 g/mol. The highest BCUT2D eigenvalue weighted by atomic mass is 32.2. The minimum absolute atomic E-state index is 0.0239. The number of anilines is 1. The summed E-state index contributed by atoms with van der Waals surface area (Å²) in [6.07, 6.45) is -4.41. The summed E-state index contributed by atoms with van der Waals surface area (Å²) >= 11 is 4.72. The van der Waals surface area contributed by atoms with Gasteiger partial charge in [0, 0.05) is 0 Å². The van der Waals surface area contributed by atoms with Crippen LogP contribution >= 0.6 is 24.6 Å². The lowest BCUT2D eigenvalue weighted by Gasteiger charge is -2.20. The summed E-state index contributed by atoms with van der Waals surface area (Å²) in [5.41, 5.74) is 0.109. The number of nitriles is 1. The van der Waals surface area contributed by atoms with E-state index >= 15 is 0 Å². The highest BCUT2D eigenvalue weighted by Crippen LogP contribution is 2.41. The van der Waals surface area contributed by atoms with Crippen LogP contribution in [0.2, 0.25) is 0 Å². The predicted molar refractivity (Wildman–Crippen MR) is 75.8 cm³/mol. The van der Waals surface area contributed by atoms with E-state index in [1.54, 1.807) is 6.07 Å². The largest absolute Gasteiger partial charge is 0.402 e. The van der Waals surface area contributed by atoms with Gasteiger partial charge < -0.3 is 5.32 Å². The molecule has 21 heavy (non-hydrogen) atoms. The maximum Gasteiger partial charge on any atom is 0.402 e. The summed E-state index contributed by atoms with van der Waals surface area (Å²) in [6, 6.07) is 7.50. The molecule has 0 saturated heterocycles. The lowest BCUT2D eigenvalue weighted by molar-refractivity contribution is -0.134. The molecule has 1 aromatic carbocycles. The maximum atomic E-state index is 13.5. The summed E-state index contributed by atoms with van der Waals surface area (Å²) in [5.74, 6) is -0.562. The first-order chi connectivity index (χ1) is 9.81. The first-order valence-electron chi connectivity index (χ1n) is 5.67. The molecule has 9 heteroatoms. The molecular formula is C12H9F4N3S2. The zero-order valence-electron chi connectivity index (χ0n) is 10.4. The number of rotatable bonds is 3. The van der Waals surface area contributed by atoms with E-state index in [1.165, 1.54) is 18.2 Å². The summed E-state index contributed by atoms with van der Waals surface area (Å²) in [5, 5.41) is 10.8. The SMILES string of the molecule is N#CC1=C(Nc2ccccc2F)SN(CC(F)(F)F)C1S. The van der Waals surface area contributed by atoms with Crippen LogP contribution in [0.1, 0.15) is 0 Å². The van der Waals surface area contributed by atoms with Gasteiger partial charge in [-0.1, -0.05) is 12.1 Å². The Kier molecular flexibility index (Phi) is 4.70. The van der Waals surface area contributed by atoms with E-state index in [9.17, 15) is 17.6 Å². The van der Waals surface area contributed by atoms with Crippen LogP contribution in [0.3, 0.4) is 0 Å². The van der Waals surface area contributed by atoms with Gasteiger partial charge in [-0.3, -0.25) is 0 Å². The Bertz CT molecular complexity index is 609. The second kappa shape index (κ2) is 6.17. The zero-order chi connectivity index (χ0) is 15.6. The number of halogens is 4. The maximum absolute atomic E-state index is 13.5. The number of thiol groups is 1. The fourth-order valence-electron chi connectivity index (χ4n) is 1.66. The van der Waals surface area contributed by atoms with Gasteiger partial charge >= 0.3 is 6.18 Å². The molecule has 0 radical (unpaired) electrons. The fraction of sp³-hybridized carbons (Fsp3) is 0.250. The van der Waals surface area contributed by atoms with E-state index in [-0.39, 0.29) is 16.3 Å². The number of para-hydroxylation sites is 1. The average molecular weight is 335 g/mol. The van der Waals surface area contributed by atoms with Crippen LogP contribution in [0.5, 0.6) is 0 Å². The van der Waals surface area contributed by atoms with Gasteiger partial charge in [0.05, 0.1) is 11.3 Å². The molecule has 112 valence electrons. The van der Waals surface area contributed by atoms with Crippen molar-refractivity contribution in [1.82, 2.24) is 4.31 Å². The molecule has 2 rings (SSSR count). The molecule has 1 atom stereocenters. The van der Waals surface area contributed by atoms with Gasteiger partial charge in [-0.05, 0) is 24.1 Å². The summed E-state index contributed by atoms with van der Waals surface area (Å²) in [6.45, 7) is -1.22. The van der Waals surface area contributed by atoms with Gasteiger partial charge in [0.1, 0.15) is 28.8 Å². The Balaban J connectivity index is 2.20. The smallest absolute Gasteiger partial charge is 0.346 e. The molecule has 1 heterocycles. The van der Waals surface area contributed by atoms with Crippen molar-refractivity contribution in [2.24, 2.45) is 0 Å². The molecule has 0 saturated carbocycles.